The van der Waals surface area contributed by atoms with E-state index in [1.54, 1.807) is 17.9 Å². The maximum Gasteiger partial charge on any atom is 0.411 e. The second-order valence-electron chi connectivity index (χ2n) is 7.73. The SMILES string of the molecule is CCOC(=O)N1CCCCC1NC(=O)NCC1CN(Cc2ccc(Cl)c(Cl)c2)CCO1. The van der Waals surface area contributed by atoms with Crippen molar-refractivity contribution in [2.75, 3.05) is 39.4 Å². The van der Waals surface area contributed by atoms with Crippen molar-refractivity contribution in [1.82, 2.24) is 20.4 Å². The van der Waals surface area contributed by atoms with Crippen LogP contribution in [-0.4, -0.2) is 73.6 Å². The van der Waals surface area contributed by atoms with E-state index < -0.39 is 0 Å². The van der Waals surface area contributed by atoms with E-state index >= 15 is 0 Å². The van der Waals surface area contributed by atoms with E-state index in [-0.39, 0.29) is 24.4 Å². The lowest BCUT2D eigenvalue weighted by molar-refractivity contribution is -0.0288. The maximum atomic E-state index is 12.4. The molecular formula is C21H30Cl2N4O4. The largest absolute Gasteiger partial charge is 0.450 e. The number of rotatable bonds is 6. The van der Waals surface area contributed by atoms with E-state index in [1.807, 2.05) is 12.1 Å². The number of likely N-dealkylation sites (tertiary alicyclic amines) is 1. The van der Waals surface area contributed by atoms with Gasteiger partial charge in [0.2, 0.25) is 0 Å². The minimum Gasteiger partial charge on any atom is -0.450 e. The number of urea groups is 1. The number of hydrogen-bond donors (Lipinski definition) is 2. The lowest BCUT2D eigenvalue weighted by atomic mass is 10.1. The minimum absolute atomic E-state index is 0.116. The number of ether oxygens (including phenoxy) is 2. The smallest absolute Gasteiger partial charge is 0.411 e. The molecule has 0 bridgehead atoms. The third-order valence-electron chi connectivity index (χ3n) is 5.41. The number of nitrogens with zero attached hydrogens (tertiary/aromatic N) is 2. The second kappa shape index (κ2) is 11.8. The molecule has 2 heterocycles. The quantitative estimate of drug-likeness (QED) is 0.662. The molecule has 2 fully saturated rings. The van der Waals surface area contributed by atoms with Gasteiger partial charge in [0.25, 0.3) is 0 Å². The first kappa shape index (κ1) is 23.9. The molecule has 1 aromatic carbocycles. The summed E-state index contributed by atoms with van der Waals surface area (Å²) < 4.78 is 10.9. The zero-order valence-corrected chi connectivity index (χ0v) is 19.3. The van der Waals surface area contributed by atoms with Crippen LogP contribution in [0.1, 0.15) is 31.7 Å². The molecule has 0 aliphatic carbocycles. The predicted octanol–water partition coefficient (Wildman–Crippen LogP) is 3.46. The van der Waals surface area contributed by atoms with Gasteiger partial charge >= 0.3 is 12.1 Å². The van der Waals surface area contributed by atoms with Gasteiger partial charge in [0, 0.05) is 32.7 Å². The Morgan fingerprint density at radius 2 is 2.06 bits per heavy atom. The fourth-order valence-electron chi connectivity index (χ4n) is 3.86. The molecule has 2 atom stereocenters. The Balaban J connectivity index is 1.44. The van der Waals surface area contributed by atoms with Crippen molar-refractivity contribution < 1.29 is 19.1 Å². The third-order valence-corrected chi connectivity index (χ3v) is 6.15. The molecule has 31 heavy (non-hydrogen) atoms. The van der Waals surface area contributed by atoms with Crippen molar-refractivity contribution in [3.8, 4) is 0 Å². The summed E-state index contributed by atoms with van der Waals surface area (Å²) in [6, 6.07) is 5.32. The molecule has 10 heteroatoms. The molecule has 1 aromatic rings. The van der Waals surface area contributed by atoms with E-state index in [9.17, 15) is 9.59 Å². The lowest BCUT2D eigenvalue weighted by Gasteiger charge is -2.35. The van der Waals surface area contributed by atoms with Crippen LogP contribution in [0.5, 0.6) is 0 Å². The topological polar surface area (TPSA) is 83.1 Å². The molecular weight excluding hydrogens is 443 g/mol. The van der Waals surface area contributed by atoms with Crippen molar-refractivity contribution in [3.63, 3.8) is 0 Å². The molecule has 0 radical (unpaired) electrons. The van der Waals surface area contributed by atoms with Gasteiger partial charge in [-0.1, -0.05) is 29.3 Å². The number of piperidine rings is 1. The zero-order valence-electron chi connectivity index (χ0n) is 17.7. The molecule has 0 saturated carbocycles. The summed E-state index contributed by atoms with van der Waals surface area (Å²) in [5, 5.41) is 6.85. The molecule has 0 spiro atoms. The summed E-state index contributed by atoms with van der Waals surface area (Å²) >= 11 is 12.1. The number of benzene rings is 1. The highest BCUT2D eigenvalue weighted by molar-refractivity contribution is 6.42. The Bertz CT molecular complexity index is 767. The van der Waals surface area contributed by atoms with Crippen LogP contribution in [0.2, 0.25) is 10.0 Å². The number of halogens is 2. The molecule has 3 rings (SSSR count). The average Bonchev–Trinajstić information content (AvgIpc) is 2.76. The van der Waals surface area contributed by atoms with Crippen LogP contribution in [0, 0.1) is 0 Å². The van der Waals surface area contributed by atoms with E-state index in [0.29, 0.717) is 49.3 Å². The van der Waals surface area contributed by atoms with Gasteiger partial charge in [-0.25, -0.2) is 9.59 Å². The molecule has 3 amide bonds. The molecule has 8 nitrogen and oxygen atoms in total. The summed E-state index contributed by atoms with van der Waals surface area (Å²) in [7, 11) is 0. The highest BCUT2D eigenvalue weighted by Gasteiger charge is 2.29. The van der Waals surface area contributed by atoms with Gasteiger partial charge in [0.1, 0.15) is 6.17 Å². The molecule has 172 valence electrons. The normalized spacial score (nSPS) is 22.1. The number of nitrogens with one attached hydrogen (secondary N) is 2. The predicted molar refractivity (Wildman–Crippen MR) is 119 cm³/mol. The fraction of sp³-hybridized carbons (Fsp3) is 0.619. The van der Waals surface area contributed by atoms with Crippen LogP contribution in [0.4, 0.5) is 9.59 Å². The monoisotopic (exact) mass is 472 g/mol. The molecule has 0 aromatic heterocycles. The number of carbonyl (C=O) groups is 2. The summed E-state index contributed by atoms with van der Waals surface area (Å²) in [5.74, 6) is 0. The first-order chi connectivity index (χ1) is 15.0. The standard InChI is InChI=1S/C21H30Cl2N4O4/c1-2-30-21(29)27-8-4-3-5-19(27)25-20(28)24-12-16-14-26(9-10-31-16)13-15-6-7-17(22)18(23)11-15/h6-7,11,16,19H,2-5,8-10,12-14H2,1H3,(H2,24,25,28). The molecule has 2 aliphatic heterocycles. The van der Waals surface area contributed by atoms with Crippen LogP contribution < -0.4 is 10.6 Å². The first-order valence-corrected chi connectivity index (χ1v) is 11.5. The second-order valence-corrected chi connectivity index (χ2v) is 8.55. The molecule has 2 saturated heterocycles. The van der Waals surface area contributed by atoms with Gasteiger partial charge in [-0.05, 0) is 43.9 Å². The number of carbonyl (C=O) groups excluding carboxylic acids is 2. The van der Waals surface area contributed by atoms with Crippen molar-refractivity contribution >= 4 is 35.3 Å². The summed E-state index contributed by atoms with van der Waals surface area (Å²) in [6.45, 7) is 5.87. The van der Waals surface area contributed by atoms with Crippen molar-refractivity contribution in [2.45, 2.75) is 45.0 Å². The van der Waals surface area contributed by atoms with Crippen molar-refractivity contribution in [1.29, 1.82) is 0 Å². The molecule has 2 N–H and O–H groups in total. The van der Waals surface area contributed by atoms with E-state index in [2.05, 4.69) is 15.5 Å². The van der Waals surface area contributed by atoms with Crippen LogP contribution >= 0.6 is 23.2 Å². The van der Waals surface area contributed by atoms with E-state index in [4.69, 9.17) is 32.7 Å². The van der Waals surface area contributed by atoms with Crippen molar-refractivity contribution in [2.24, 2.45) is 0 Å². The number of morpholine rings is 1. The van der Waals surface area contributed by atoms with Crippen LogP contribution in [0.15, 0.2) is 18.2 Å². The number of amides is 3. The van der Waals surface area contributed by atoms with E-state index in [0.717, 1.165) is 31.5 Å². The first-order valence-electron chi connectivity index (χ1n) is 10.7. The Kier molecular flexibility index (Phi) is 9.07. The number of hydrogen-bond acceptors (Lipinski definition) is 5. The Morgan fingerprint density at radius 3 is 2.84 bits per heavy atom. The summed E-state index contributed by atoms with van der Waals surface area (Å²) in [4.78, 5) is 28.4. The zero-order chi connectivity index (χ0) is 22.2. The summed E-state index contributed by atoms with van der Waals surface area (Å²) in [5.41, 5.74) is 1.08. The lowest BCUT2D eigenvalue weighted by Crippen LogP contribution is -2.56. The summed E-state index contributed by atoms with van der Waals surface area (Å²) in [6.07, 6.45) is 1.71. The molecule has 2 unspecified atom stereocenters. The van der Waals surface area contributed by atoms with Gasteiger partial charge in [-0.2, -0.15) is 0 Å². The van der Waals surface area contributed by atoms with Crippen LogP contribution in [-0.2, 0) is 16.0 Å². The highest BCUT2D eigenvalue weighted by atomic mass is 35.5. The van der Waals surface area contributed by atoms with Gasteiger partial charge < -0.3 is 20.1 Å². The van der Waals surface area contributed by atoms with Crippen molar-refractivity contribution in [3.05, 3.63) is 33.8 Å². The average molecular weight is 473 g/mol. The van der Waals surface area contributed by atoms with E-state index in [1.165, 1.54) is 0 Å². The third kappa shape index (κ3) is 7.14. The maximum absolute atomic E-state index is 12.4. The van der Waals surface area contributed by atoms with Gasteiger partial charge in [-0.3, -0.25) is 9.80 Å². The minimum atomic E-state index is -0.388. The van der Waals surface area contributed by atoms with Crippen LogP contribution in [0.3, 0.4) is 0 Å². The van der Waals surface area contributed by atoms with Gasteiger partial charge in [-0.15, -0.1) is 0 Å². The highest BCUT2D eigenvalue weighted by Crippen LogP contribution is 2.23. The fourth-order valence-corrected chi connectivity index (χ4v) is 4.18. The Hall–Kier alpha value is -1.74. The Morgan fingerprint density at radius 1 is 1.23 bits per heavy atom. The van der Waals surface area contributed by atoms with Gasteiger partial charge in [0.05, 0.1) is 29.4 Å². The van der Waals surface area contributed by atoms with Crippen LogP contribution in [0.25, 0.3) is 0 Å². The molecule has 2 aliphatic rings. The van der Waals surface area contributed by atoms with Gasteiger partial charge in [0.15, 0.2) is 0 Å². The Labute approximate surface area is 193 Å².